The van der Waals surface area contributed by atoms with E-state index < -0.39 is 0 Å². The van der Waals surface area contributed by atoms with Crippen LogP contribution in [0.25, 0.3) is 0 Å². The van der Waals surface area contributed by atoms with Gasteiger partial charge in [0.05, 0.1) is 0 Å². The Bertz CT molecular complexity index is 191. The van der Waals surface area contributed by atoms with Crippen LogP contribution < -0.4 is 10.6 Å². The minimum Gasteiger partial charge on any atom is -0.385 e. The molecule has 1 rings (SSSR count). The van der Waals surface area contributed by atoms with E-state index in [1.807, 2.05) is 0 Å². The van der Waals surface area contributed by atoms with E-state index in [2.05, 4.69) is 10.6 Å². The topological polar surface area (TPSA) is 50.4 Å². The van der Waals surface area contributed by atoms with Crippen molar-refractivity contribution in [1.29, 1.82) is 0 Å². The maximum atomic E-state index is 11.5. The Morgan fingerprint density at radius 2 is 2.38 bits per heavy atom. The third-order valence-electron chi connectivity index (χ3n) is 3.04. The fourth-order valence-corrected chi connectivity index (χ4v) is 1.98. The van der Waals surface area contributed by atoms with Gasteiger partial charge in [0.1, 0.15) is 0 Å². The van der Waals surface area contributed by atoms with Crippen LogP contribution in [-0.2, 0) is 9.53 Å². The zero-order valence-electron chi connectivity index (χ0n) is 10.3. The van der Waals surface area contributed by atoms with E-state index in [1.165, 1.54) is 6.42 Å². The highest BCUT2D eigenvalue weighted by Gasteiger charge is 2.15. The standard InChI is InChI=1S/C12H24N2O2/c1-16-9-3-2-7-14-12(15)5-4-11-6-8-13-10-11/h11,13H,2-10H2,1H3,(H,14,15). The van der Waals surface area contributed by atoms with Crippen LogP contribution in [0.15, 0.2) is 0 Å². The third-order valence-corrected chi connectivity index (χ3v) is 3.04. The molecule has 1 unspecified atom stereocenters. The quantitative estimate of drug-likeness (QED) is 0.607. The van der Waals surface area contributed by atoms with Crippen LogP contribution in [0.4, 0.5) is 0 Å². The second-order valence-corrected chi connectivity index (χ2v) is 4.45. The van der Waals surface area contributed by atoms with Crippen molar-refractivity contribution in [2.24, 2.45) is 5.92 Å². The number of ether oxygens (including phenoxy) is 1. The smallest absolute Gasteiger partial charge is 0.220 e. The van der Waals surface area contributed by atoms with Crippen LogP contribution in [0.2, 0.25) is 0 Å². The van der Waals surface area contributed by atoms with Gasteiger partial charge in [-0.2, -0.15) is 0 Å². The first-order valence-electron chi connectivity index (χ1n) is 6.29. The molecule has 0 radical (unpaired) electrons. The summed E-state index contributed by atoms with van der Waals surface area (Å²) in [5.41, 5.74) is 0. The van der Waals surface area contributed by atoms with E-state index >= 15 is 0 Å². The SMILES string of the molecule is COCCCCNC(=O)CCC1CCNC1. The van der Waals surface area contributed by atoms with E-state index in [-0.39, 0.29) is 5.91 Å². The Hall–Kier alpha value is -0.610. The first kappa shape index (κ1) is 13.5. The fraction of sp³-hybridized carbons (Fsp3) is 0.917. The van der Waals surface area contributed by atoms with Crippen LogP contribution in [0.1, 0.15) is 32.1 Å². The van der Waals surface area contributed by atoms with Gasteiger partial charge < -0.3 is 15.4 Å². The number of nitrogens with one attached hydrogen (secondary N) is 2. The molecule has 0 aromatic heterocycles. The van der Waals surface area contributed by atoms with Crippen molar-refractivity contribution in [3.63, 3.8) is 0 Å². The normalized spacial score (nSPS) is 19.9. The largest absolute Gasteiger partial charge is 0.385 e. The van der Waals surface area contributed by atoms with Crippen molar-refractivity contribution in [3.05, 3.63) is 0 Å². The van der Waals surface area contributed by atoms with Gasteiger partial charge in [0, 0.05) is 26.7 Å². The molecule has 0 aliphatic carbocycles. The maximum Gasteiger partial charge on any atom is 0.220 e. The number of carbonyl (C=O) groups excluding carboxylic acids is 1. The molecule has 1 aliphatic heterocycles. The summed E-state index contributed by atoms with van der Waals surface area (Å²) in [5.74, 6) is 0.906. The van der Waals surface area contributed by atoms with Gasteiger partial charge in [0.2, 0.25) is 5.91 Å². The molecular formula is C12H24N2O2. The number of unbranched alkanes of at least 4 members (excludes halogenated alkanes) is 1. The Balaban J connectivity index is 1.90. The Kier molecular flexibility index (Phi) is 7.17. The predicted molar refractivity (Wildman–Crippen MR) is 64.3 cm³/mol. The Labute approximate surface area is 98.1 Å². The van der Waals surface area contributed by atoms with Crippen molar-refractivity contribution in [2.45, 2.75) is 32.1 Å². The van der Waals surface area contributed by atoms with Gasteiger partial charge in [-0.05, 0) is 44.7 Å². The van der Waals surface area contributed by atoms with E-state index in [4.69, 9.17) is 4.74 Å². The number of hydrogen-bond donors (Lipinski definition) is 2. The van der Waals surface area contributed by atoms with Crippen LogP contribution in [0, 0.1) is 5.92 Å². The van der Waals surface area contributed by atoms with Gasteiger partial charge in [-0.3, -0.25) is 4.79 Å². The molecule has 0 bridgehead atoms. The molecule has 16 heavy (non-hydrogen) atoms. The molecule has 0 aromatic carbocycles. The summed E-state index contributed by atoms with van der Waals surface area (Å²) in [5, 5.41) is 6.27. The van der Waals surface area contributed by atoms with E-state index in [9.17, 15) is 4.79 Å². The van der Waals surface area contributed by atoms with E-state index in [1.54, 1.807) is 7.11 Å². The fourth-order valence-electron chi connectivity index (χ4n) is 1.98. The zero-order valence-corrected chi connectivity index (χ0v) is 10.3. The van der Waals surface area contributed by atoms with Gasteiger partial charge in [-0.15, -0.1) is 0 Å². The van der Waals surface area contributed by atoms with Crippen molar-refractivity contribution < 1.29 is 9.53 Å². The summed E-state index contributed by atoms with van der Waals surface area (Å²) in [4.78, 5) is 11.5. The monoisotopic (exact) mass is 228 g/mol. The average Bonchev–Trinajstić information content (AvgIpc) is 2.79. The second-order valence-electron chi connectivity index (χ2n) is 4.45. The van der Waals surface area contributed by atoms with E-state index in [0.29, 0.717) is 12.3 Å². The van der Waals surface area contributed by atoms with Gasteiger partial charge in [0.15, 0.2) is 0 Å². The van der Waals surface area contributed by atoms with Crippen LogP contribution in [-0.4, -0.2) is 39.3 Å². The molecule has 1 fully saturated rings. The Morgan fingerprint density at radius 1 is 1.50 bits per heavy atom. The lowest BCUT2D eigenvalue weighted by Crippen LogP contribution is -2.25. The predicted octanol–water partition coefficient (Wildman–Crippen LogP) is 0.919. The molecule has 0 saturated carbocycles. The average molecular weight is 228 g/mol. The van der Waals surface area contributed by atoms with Crippen molar-refractivity contribution >= 4 is 5.91 Å². The summed E-state index contributed by atoms with van der Waals surface area (Å²) in [7, 11) is 1.70. The van der Waals surface area contributed by atoms with Crippen molar-refractivity contribution in [3.8, 4) is 0 Å². The summed E-state index contributed by atoms with van der Waals surface area (Å²) >= 11 is 0. The third kappa shape index (κ3) is 6.08. The minimum atomic E-state index is 0.198. The molecule has 1 aliphatic rings. The number of methoxy groups -OCH3 is 1. The first-order valence-corrected chi connectivity index (χ1v) is 6.29. The Morgan fingerprint density at radius 3 is 3.06 bits per heavy atom. The highest BCUT2D eigenvalue weighted by Crippen LogP contribution is 2.13. The summed E-state index contributed by atoms with van der Waals surface area (Å²) in [6, 6.07) is 0. The van der Waals surface area contributed by atoms with Gasteiger partial charge in [-0.1, -0.05) is 0 Å². The molecule has 2 N–H and O–H groups in total. The number of rotatable bonds is 8. The molecule has 1 atom stereocenters. The highest BCUT2D eigenvalue weighted by atomic mass is 16.5. The van der Waals surface area contributed by atoms with Crippen LogP contribution in [0.5, 0.6) is 0 Å². The molecule has 0 spiro atoms. The molecule has 1 heterocycles. The van der Waals surface area contributed by atoms with Crippen molar-refractivity contribution in [1.82, 2.24) is 10.6 Å². The lowest BCUT2D eigenvalue weighted by atomic mass is 10.0. The van der Waals surface area contributed by atoms with Gasteiger partial charge >= 0.3 is 0 Å². The molecule has 1 amide bonds. The first-order chi connectivity index (χ1) is 7.83. The van der Waals surface area contributed by atoms with E-state index in [0.717, 1.165) is 45.5 Å². The number of carbonyl (C=O) groups is 1. The van der Waals surface area contributed by atoms with Crippen LogP contribution in [0.3, 0.4) is 0 Å². The molecule has 4 heteroatoms. The summed E-state index contributed by atoms with van der Waals surface area (Å²) in [6.45, 7) is 3.76. The number of hydrogen-bond acceptors (Lipinski definition) is 3. The maximum absolute atomic E-state index is 11.5. The lowest BCUT2D eigenvalue weighted by molar-refractivity contribution is -0.121. The van der Waals surface area contributed by atoms with Gasteiger partial charge in [-0.25, -0.2) is 0 Å². The highest BCUT2D eigenvalue weighted by molar-refractivity contribution is 5.75. The van der Waals surface area contributed by atoms with Crippen molar-refractivity contribution in [2.75, 3.05) is 33.4 Å². The molecule has 94 valence electrons. The summed E-state index contributed by atoms with van der Waals surface area (Å²) < 4.78 is 4.94. The zero-order chi connectivity index (χ0) is 11.6. The second kappa shape index (κ2) is 8.53. The number of amides is 1. The molecule has 1 saturated heterocycles. The molecule has 0 aromatic rings. The molecule has 4 nitrogen and oxygen atoms in total. The molecular weight excluding hydrogens is 204 g/mol. The van der Waals surface area contributed by atoms with Gasteiger partial charge in [0.25, 0.3) is 0 Å². The minimum absolute atomic E-state index is 0.198. The summed E-state index contributed by atoms with van der Waals surface area (Å²) in [6.07, 6.45) is 4.95. The van der Waals surface area contributed by atoms with Crippen LogP contribution >= 0.6 is 0 Å². The lowest BCUT2D eigenvalue weighted by Gasteiger charge is -2.08.